The van der Waals surface area contributed by atoms with Crippen molar-refractivity contribution in [1.29, 1.82) is 0 Å². The maximum absolute atomic E-state index is 12.7. The van der Waals surface area contributed by atoms with E-state index in [2.05, 4.69) is 10.4 Å². The maximum atomic E-state index is 12.7. The van der Waals surface area contributed by atoms with E-state index < -0.39 is 0 Å². The van der Waals surface area contributed by atoms with Gasteiger partial charge in [0.1, 0.15) is 5.69 Å². The number of rotatable bonds is 3. The number of nitrogens with one attached hydrogen (secondary N) is 1. The van der Waals surface area contributed by atoms with Gasteiger partial charge in [0.2, 0.25) is 0 Å². The van der Waals surface area contributed by atoms with Crippen LogP contribution in [-0.2, 0) is 0 Å². The summed E-state index contributed by atoms with van der Waals surface area (Å²) in [5.41, 5.74) is 1.18. The summed E-state index contributed by atoms with van der Waals surface area (Å²) in [7, 11) is 0. The molecule has 126 valence electrons. The lowest BCUT2D eigenvalue weighted by atomic mass is 10.1. The minimum Gasteiger partial charge on any atom is -0.320 e. The summed E-state index contributed by atoms with van der Waals surface area (Å²) in [4.78, 5) is 24.8. The number of benzene rings is 3. The molecule has 26 heavy (non-hydrogen) atoms. The van der Waals surface area contributed by atoms with Crippen LogP contribution < -0.4 is 10.9 Å². The molecule has 1 N–H and O–H groups in total. The minimum absolute atomic E-state index is 0.168. The van der Waals surface area contributed by atoms with E-state index in [9.17, 15) is 9.59 Å². The molecule has 1 heterocycles. The van der Waals surface area contributed by atoms with Crippen molar-refractivity contribution >= 4 is 22.4 Å². The zero-order valence-corrected chi connectivity index (χ0v) is 13.8. The van der Waals surface area contributed by atoms with Gasteiger partial charge in [-0.05, 0) is 29.7 Å². The minimum atomic E-state index is -0.369. The zero-order chi connectivity index (χ0) is 17.9. The van der Waals surface area contributed by atoms with Crippen LogP contribution in [-0.4, -0.2) is 15.7 Å². The topological polar surface area (TPSA) is 64.0 Å². The Morgan fingerprint density at radius 2 is 1.54 bits per heavy atom. The maximum Gasteiger partial charge on any atom is 0.276 e. The van der Waals surface area contributed by atoms with E-state index in [0.29, 0.717) is 11.4 Å². The molecule has 1 amide bonds. The van der Waals surface area contributed by atoms with Crippen LogP contribution >= 0.6 is 0 Å². The van der Waals surface area contributed by atoms with Crippen molar-refractivity contribution < 1.29 is 4.79 Å². The number of hydrogen-bond donors (Lipinski definition) is 1. The third-order valence-electron chi connectivity index (χ3n) is 4.07. The van der Waals surface area contributed by atoms with Crippen molar-refractivity contribution in [3.05, 3.63) is 101 Å². The van der Waals surface area contributed by atoms with Crippen LogP contribution in [0.3, 0.4) is 0 Å². The monoisotopic (exact) mass is 341 g/mol. The van der Waals surface area contributed by atoms with Crippen molar-refractivity contribution in [2.75, 3.05) is 5.32 Å². The molecular formula is C21H15N3O2. The molecule has 0 aliphatic heterocycles. The van der Waals surface area contributed by atoms with E-state index in [1.807, 2.05) is 60.7 Å². The third kappa shape index (κ3) is 2.98. The molecule has 0 saturated heterocycles. The SMILES string of the molecule is O=C(Nc1cccc2ccccc12)c1ccc(=O)n(-c2ccccc2)n1. The van der Waals surface area contributed by atoms with E-state index in [0.717, 1.165) is 10.8 Å². The Kier molecular flexibility index (Phi) is 4.03. The lowest BCUT2D eigenvalue weighted by molar-refractivity contribution is 0.102. The van der Waals surface area contributed by atoms with Gasteiger partial charge in [-0.25, -0.2) is 0 Å². The number of amides is 1. The highest BCUT2D eigenvalue weighted by Crippen LogP contribution is 2.23. The van der Waals surface area contributed by atoms with E-state index in [1.165, 1.54) is 16.8 Å². The Bertz CT molecular complexity index is 1150. The van der Waals surface area contributed by atoms with Gasteiger partial charge in [-0.15, -0.1) is 0 Å². The summed E-state index contributed by atoms with van der Waals surface area (Å²) < 4.78 is 1.22. The molecule has 4 aromatic rings. The molecule has 0 spiro atoms. The molecule has 0 radical (unpaired) electrons. The number of carbonyl (C=O) groups is 1. The summed E-state index contributed by atoms with van der Waals surface area (Å²) in [5, 5.41) is 9.07. The Balaban J connectivity index is 1.70. The Morgan fingerprint density at radius 1 is 0.808 bits per heavy atom. The van der Waals surface area contributed by atoms with Crippen molar-refractivity contribution in [3.8, 4) is 5.69 Å². The molecule has 1 aromatic heterocycles. The molecule has 5 nitrogen and oxygen atoms in total. The third-order valence-corrected chi connectivity index (χ3v) is 4.07. The molecule has 0 fully saturated rings. The van der Waals surface area contributed by atoms with Gasteiger partial charge in [0.15, 0.2) is 0 Å². The van der Waals surface area contributed by atoms with Gasteiger partial charge in [0.05, 0.1) is 5.69 Å². The fraction of sp³-hybridized carbons (Fsp3) is 0. The number of hydrogen-bond acceptors (Lipinski definition) is 3. The first-order chi connectivity index (χ1) is 12.7. The molecular weight excluding hydrogens is 326 g/mol. The van der Waals surface area contributed by atoms with Gasteiger partial charge in [-0.1, -0.05) is 54.6 Å². The first-order valence-electron chi connectivity index (χ1n) is 8.17. The quantitative estimate of drug-likeness (QED) is 0.619. The summed E-state index contributed by atoms with van der Waals surface area (Å²) >= 11 is 0. The molecule has 0 bridgehead atoms. The van der Waals surface area contributed by atoms with Gasteiger partial charge >= 0.3 is 0 Å². The van der Waals surface area contributed by atoms with Crippen LogP contribution in [0, 0.1) is 0 Å². The first kappa shape index (κ1) is 15.8. The van der Waals surface area contributed by atoms with Crippen molar-refractivity contribution in [2.45, 2.75) is 0 Å². The van der Waals surface area contributed by atoms with Gasteiger partial charge in [-0.3, -0.25) is 9.59 Å². The lowest BCUT2D eigenvalue weighted by Crippen LogP contribution is -2.24. The number of fused-ring (bicyclic) bond motifs is 1. The number of para-hydroxylation sites is 1. The molecule has 5 heteroatoms. The first-order valence-corrected chi connectivity index (χ1v) is 8.17. The molecule has 0 aliphatic rings. The highest BCUT2D eigenvalue weighted by molar-refractivity contribution is 6.08. The van der Waals surface area contributed by atoms with Gasteiger partial charge in [0, 0.05) is 17.1 Å². The molecule has 0 unspecified atom stereocenters. The van der Waals surface area contributed by atoms with Gasteiger partial charge in [0.25, 0.3) is 11.5 Å². The molecule has 4 rings (SSSR count). The average molecular weight is 341 g/mol. The fourth-order valence-electron chi connectivity index (χ4n) is 2.81. The summed E-state index contributed by atoms with van der Waals surface area (Å²) in [6.45, 7) is 0. The highest BCUT2D eigenvalue weighted by atomic mass is 16.2. The van der Waals surface area contributed by atoms with Crippen LogP contribution in [0.5, 0.6) is 0 Å². The zero-order valence-electron chi connectivity index (χ0n) is 13.8. The van der Waals surface area contributed by atoms with Crippen molar-refractivity contribution in [1.82, 2.24) is 9.78 Å². The second-order valence-electron chi connectivity index (χ2n) is 5.78. The lowest BCUT2D eigenvalue weighted by Gasteiger charge is -2.10. The van der Waals surface area contributed by atoms with Crippen molar-refractivity contribution in [3.63, 3.8) is 0 Å². The molecule has 3 aromatic carbocycles. The van der Waals surface area contributed by atoms with E-state index in [1.54, 1.807) is 12.1 Å². The molecule has 0 saturated carbocycles. The standard InChI is InChI=1S/C21H15N3O2/c25-20-14-13-19(23-24(20)16-9-2-1-3-10-16)21(26)22-18-12-6-8-15-7-4-5-11-17(15)18/h1-14H,(H,22,26). The predicted molar refractivity (Wildman–Crippen MR) is 102 cm³/mol. The number of aromatic nitrogens is 2. The smallest absolute Gasteiger partial charge is 0.276 e. The van der Waals surface area contributed by atoms with Crippen LogP contribution in [0.25, 0.3) is 16.5 Å². The average Bonchev–Trinajstić information content (AvgIpc) is 2.69. The van der Waals surface area contributed by atoms with Crippen LogP contribution in [0.15, 0.2) is 89.7 Å². The van der Waals surface area contributed by atoms with E-state index in [4.69, 9.17) is 0 Å². The molecule has 0 aliphatic carbocycles. The highest BCUT2D eigenvalue weighted by Gasteiger charge is 2.12. The Hall–Kier alpha value is -3.73. The second kappa shape index (κ2) is 6.64. The van der Waals surface area contributed by atoms with E-state index in [-0.39, 0.29) is 17.2 Å². The Labute approximate surface area is 149 Å². The second-order valence-corrected chi connectivity index (χ2v) is 5.78. The number of anilines is 1. The van der Waals surface area contributed by atoms with Crippen LogP contribution in [0.4, 0.5) is 5.69 Å². The number of nitrogens with zero attached hydrogens (tertiary/aromatic N) is 2. The van der Waals surface area contributed by atoms with Crippen LogP contribution in [0.2, 0.25) is 0 Å². The molecule has 0 atom stereocenters. The van der Waals surface area contributed by atoms with Gasteiger partial charge in [-0.2, -0.15) is 9.78 Å². The number of carbonyl (C=O) groups excluding carboxylic acids is 1. The predicted octanol–water partition coefficient (Wildman–Crippen LogP) is 3.64. The van der Waals surface area contributed by atoms with Crippen molar-refractivity contribution in [2.24, 2.45) is 0 Å². The Morgan fingerprint density at radius 3 is 2.38 bits per heavy atom. The van der Waals surface area contributed by atoms with Gasteiger partial charge < -0.3 is 5.32 Å². The summed E-state index contributed by atoms with van der Waals surface area (Å²) in [6.07, 6.45) is 0. The van der Waals surface area contributed by atoms with Crippen LogP contribution in [0.1, 0.15) is 10.5 Å². The summed E-state index contributed by atoms with van der Waals surface area (Å²) in [6, 6.07) is 25.3. The summed E-state index contributed by atoms with van der Waals surface area (Å²) in [5.74, 6) is -0.369. The fourth-order valence-corrected chi connectivity index (χ4v) is 2.81. The largest absolute Gasteiger partial charge is 0.320 e. The van der Waals surface area contributed by atoms with E-state index >= 15 is 0 Å². The normalized spacial score (nSPS) is 10.6.